The van der Waals surface area contributed by atoms with E-state index in [-0.39, 0.29) is 12.0 Å². The molecule has 2 unspecified atom stereocenters. The van der Waals surface area contributed by atoms with Crippen LogP contribution in [0.1, 0.15) is 18.2 Å². The highest BCUT2D eigenvalue weighted by molar-refractivity contribution is 5.40. The first-order valence-corrected chi connectivity index (χ1v) is 5.33. The van der Waals surface area contributed by atoms with Gasteiger partial charge in [0.15, 0.2) is 0 Å². The van der Waals surface area contributed by atoms with Crippen LogP contribution >= 0.6 is 0 Å². The van der Waals surface area contributed by atoms with Crippen molar-refractivity contribution >= 4 is 5.65 Å². The highest BCUT2D eigenvalue weighted by Crippen LogP contribution is 2.33. The monoisotopic (exact) mass is 213 g/mol. The number of hydrogen-bond acceptors (Lipinski definition) is 3. The molecule has 0 spiro atoms. The average Bonchev–Trinajstić information content (AvgIpc) is 2.94. The van der Waals surface area contributed by atoms with Gasteiger partial charge in [-0.05, 0) is 18.6 Å². The zero-order valence-electron chi connectivity index (χ0n) is 8.71. The Morgan fingerprint density at radius 3 is 3.25 bits per heavy atom. The van der Waals surface area contributed by atoms with Crippen LogP contribution in [0.15, 0.2) is 30.6 Å². The standard InChI is InChI=1S/C12H11N3O/c13-7-9-4-6-16-12(9)10-8-15-5-2-1-3-11(15)14-10/h1-3,5,8-9,12H,4,6H2. The van der Waals surface area contributed by atoms with E-state index in [1.165, 1.54) is 0 Å². The lowest BCUT2D eigenvalue weighted by Gasteiger charge is -2.08. The van der Waals surface area contributed by atoms with Crippen molar-refractivity contribution in [2.75, 3.05) is 6.61 Å². The van der Waals surface area contributed by atoms with Gasteiger partial charge in [-0.3, -0.25) is 0 Å². The van der Waals surface area contributed by atoms with Crippen LogP contribution in [0.25, 0.3) is 5.65 Å². The van der Waals surface area contributed by atoms with Crippen LogP contribution in [0.5, 0.6) is 0 Å². The normalized spacial score (nSPS) is 24.7. The summed E-state index contributed by atoms with van der Waals surface area (Å²) in [7, 11) is 0. The summed E-state index contributed by atoms with van der Waals surface area (Å²) in [5, 5.41) is 9.01. The molecule has 0 saturated carbocycles. The number of ether oxygens (including phenoxy) is 1. The van der Waals surface area contributed by atoms with Crippen LogP contribution in [-0.2, 0) is 4.74 Å². The second kappa shape index (κ2) is 3.62. The molecule has 1 saturated heterocycles. The quantitative estimate of drug-likeness (QED) is 0.727. The van der Waals surface area contributed by atoms with Gasteiger partial charge in [0, 0.05) is 19.0 Å². The minimum absolute atomic E-state index is 0.0649. The highest BCUT2D eigenvalue weighted by Gasteiger charge is 2.31. The van der Waals surface area contributed by atoms with Crippen LogP contribution in [0.4, 0.5) is 0 Å². The third kappa shape index (κ3) is 1.37. The number of imidazole rings is 1. The third-order valence-corrected chi connectivity index (χ3v) is 2.93. The fourth-order valence-corrected chi connectivity index (χ4v) is 2.10. The number of aromatic nitrogens is 2. The van der Waals surface area contributed by atoms with E-state index >= 15 is 0 Å². The van der Waals surface area contributed by atoms with E-state index in [4.69, 9.17) is 10.00 Å². The molecule has 4 nitrogen and oxygen atoms in total. The Morgan fingerprint density at radius 2 is 2.44 bits per heavy atom. The molecule has 1 aliphatic heterocycles. The van der Waals surface area contributed by atoms with E-state index in [0.29, 0.717) is 6.61 Å². The summed E-state index contributed by atoms with van der Waals surface area (Å²) in [5.41, 5.74) is 1.75. The minimum atomic E-state index is -0.162. The Morgan fingerprint density at radius 1 is 1.50 bits per heavy atom. The summed E-state index contributed by atoms with van der Waals surface area (Å²) >= 11 is 0. The van der Waals surface area contributed by atoms with Gasteiger partial charge in [-0.15, -0.1) is 0 Å². The van der Waals surface area contributed by atoms with Crippen LogP contribution in [0, 0.1) is 17.2 Å². The zero-order chi connectivity index (χ0) is 11.0. The van der Waals surface area contributed by atoms with Crippen molar-refractivity contribution in [3.63, 3.8) is 0 Å². The lowest BCUT2D eigenvalue weighted by atomic mass is 10.0. The lowest BCUT2D eigenvalue weighted by molar-refractivity contribution is 0.0977. The maximum atomic E-state index is 9.01. The molecule has 1 fully saturated rings. The molecular weight excluding hydrogens is 202 g/mol. The molecule has 0 amide bonds. The SMILES string of the molecule is N#CC1CCOC1c1cn2ccccc2n1. The Labute approximate surface area is 93.1 Å². The van der Waals surface area contributed by atoms with Gasteiger partial charge in [-0.2, -0.15) is 5.26 Å². The van der Waals surface area contributed by atoms with Crippen LogP contribution < -0.4 is 0 Å². The number of hydrogen-bond donors (Lipinski definition) is 0. The minimum Gasteiger partial charge on any atom is -0.370 e. The van der Waals surface area contributed by atoms with Gasteiger partial charge in [0.2, 0.25) is 0 Å². The van der Waals surface area contributed by atoms with E-state index in [1.807, 2.05) is 35.0 Å². The first-order valence-electron chi connectivity index (χ1n) is 5.33. The Bertz CT molecular complexity index is 522. The molecule has 2 aromatic rings. The van der Waals surface area contributed by atoms with Crippen molar-refractivity contribution in [3.05, 3.63) is 36.3 Å². The van der Waals surface area contributed by atoms with E-state index in [0.717, 1.165) is 17.8 Å². The number of rotatable bonds is 1. The van der Waals surface area contributed by atoms with Gasteiger partial charge >= 0.3 is 0 Å². The molecule has 0 N–H and O–H groups in total. The third-order valence-electron chi connectivity index (χ3n) is 2.93. The van der Waals surface area contributed by atoms with E-state index < -0.39 is 0 Å². The predicted molar refractivity (Wildman–Crippen MR) is 57.6 cm³/mol. The van der Waals surface area contributed by atoms with Crippen molar-refractivity contribution in [1.29, 1.82) is 5.26 Å². The van der Waals surface area contributed by atoms with Crippen molar-refractivity contribution in [2.24, 2.45) is 5.92 Å². The Kier molecular flexibility index (Phi) is 2.12. The van der Waals surface area contributed by atoms with Crippen LogP contribution in [0.2, 0.25) is 0 Å². The van der Waals surface area contributed by atoms with E-state index in [9.17, 15) is 0 Å². The van der Waals surface area contributed by atoms with E-state index in [2.05, 4.69) is 11.1 Å². The molecule has 0 aliphatic carbocycles. The Hall–Kier alpha value is -1.86. The molecule has 0 radical (unpaired) electrons. The van der Waals surface area contributed by atoms with Gasteiger partial charge in [0.05, 0.1) is 17.7 Å². The van der Waals surface area contributed by atoms with Crippen LogP contribution in [0.3, 0.4) is 0 Å². The molecule has 0 aromatic carbocycles. The second-order valence-corrected chi connectivity index (χ2v) is 3.95. The summed E-state index contributed by atoms with van der Waals surface area (Å²) in [4.78, 5) is 4.48. The molecule has 4 heteroatoms. The molecule has 16 heavy (non-hydrogen) atoms. The highest BCUT2D eigenvalue weighted by atomic mass is 16.5. The van der Waals surface area contributed by atoms with Crippen molar-refractivity contribution in [2.45, 2.75) is 12.5 Å². The molecular formula is C12H11N3O. The molecule has 80 valence electrons. The van der Waals surface area contributed by atoms with Gasteiger partial charge in [-0.1, -0.05) is 6.07 Å². The molecule has 2 aromatic heterocycles. The smallest absolute Gasteiger partial charge is 0.137 e. The number of pyridine rings is 1. The lowest BCUT2D eigenvalue weighted by Crippen LogP contribution is -2.05. The zero-order valence-corrected chi connectivity index (χ0v) is 8.71. The average molecular weight is 213 g/mol. The first-order chi connectivity index (χ1) is 7.88. The van der Waals surface area contributed by atoms with Crippen LogP contribution in [-0.4, -0.2) is 16.0 Å². The second-order valence-electron chi connectivity index (χ2n) is 3.95. The fourth-order valence-electron chi connectivity index (χ4n) is 2.10. The molecule has 3 rings (SSSR count). The molecule has 1 aliphatic rings. The summed E-state index contributed by atoms with van der Waals surface area (Å²) in [6, 6.07) is 8.13. The van der Waals surface area contributed by atoms with Crippen molar-refractivity contribution in [1.82, 2.24) is 9.38 Å². The molecule has 3 heterocycles. The van der Waals surface area contributed by atoms with Gasteiger partial charge in [0.25, 0.3) is 0 Å². The number of nitrogens with zero attached hydrogens (tertiary/aromatic N) is 3. The fraction of sp³-hybridized carbons (Fsp3) is 0.333. The van der Waals surface area contributed by atoms with Crippen molar-refractivity contribution in [3.8, 4) is 6.07 Å². The summed E-state index contributed by atoms with van der Waals surface area (Å²) in [5.74, 6) is -0.0649. The van der Waals surface area contributed by atoms with Gasteiger partial charge in [-0.25, -0.2) is 4.98 Å². The Balaban J connectivity index is 2.03. The first kappa shape index (κ1) is 9.37. The van der Waals surface area contributed by atoms with Crippen molar-refractivity contribution < 1.29 is 4.74 Å². The molecule has 2 atom stereocenters. The molecule has 0 bridgehead atoms. The maximum Gasteiger partial charge on any atom is 0.137 e. The van der Waals surface area contributed by atoms with Gasteiger partial charge < -0.3 is 9.14 Å². The van der Waals surface area contributed by atoms with Gasteiger partial charge in [0.1, 0.15) is 11.8 Å². The summed E-state index contributed by atoms with van der Waals surface area (Å²) in [6.45, 7) is 0.650. The largest absolute Gasteiger partial charge is 0.370 e. The summed E-state index contributed by atoms with van der Waals surface area (Å²) < 4.78 is 7.52. The topological polar surface area (TPSA) is 50.3 Å². The number of fused-ring (bicyclic) bond motifs is 1. The van der Waals surface area contributed by atoms with E-state index in [1.54, 1.807) is 0 Å². The number of nitriles is 1. The maximum absolute atomic E-state index is 9.01. The predicted octanol–water partition coefficient (Wildman–Crippen LogP) is 1.94. The summed E-state index contributed by atoms with van der Waals surface area (Å²) in [6.07, 6.45) is 4.53.